The molecule has 2 aromatic heterocycles. The molecule has 1 aliphatic rings. The summed E-state index contributed by atoms with van der Waals surface area (Å²) < 4.78 is 2.11. The van der Waals surface area contributed by atoms with Crippen molar-refractivity contribution in [2.75, 3.05) is 29.5 Å². The van der Waals surface area contributed by atoms with E-state index in [2.05, 4.69) is 25.9 Å². The van der Waals surface area contributed by atoms with Gasteiger partial charge in [-0.1, -0.05) is 0 Å². The third-order valence-electron chi connectivity index (χ3n) is 2.84. The number of hydrogen-bond donors (Lipinski definition) is 1. The summed E-state index contributed by atoms with van der Waals surface area (Å²) in [6, 6.07) is 0. The molecule has 0 unspecified atom stereocenters. The van der Waals surface area contributed by atoms with E-state index in [-0.39, 0.29) is 0 Å². The third-order valence-corrected chi connectivity index (χ3v) is 4.54. The van der Waals surface area contributed by atoms with E-state index in [1.165, 1.54) is 11.5 Å². The van der Waals surface area contributed by atoms with Gasteiger partial charge in [-0.25, -0.2) is 4.98 Å². The van der Waals surface area contributed by atoms with E-state index in [1.807, 2.05) is 11.8 Å². The number of hydrogen-bond acceptors (Lipinski definition) is 5. The summed E-state index contributed by atoms with van der Waals surface area (Å²) in [6.07, 6.45) is 2.05. The molecule has 6 heteroatoms. The quantitative estimate of drug-likeness (QED) is 0.880. The fraction of sp³-hybridized carbons (Fsp3) is 0.500. The first-order valence-electron chi connectivity index (χ1n) is 5.37. The zero-order valence-corrected chi connectivity index (χ0v) is 10.6. The van der Waals surface area contributed by atoms with Gasteiger partial charge in [0, 0.05) is 42.7 Å². The molecule has 0 atom stereocenters. The second-order valence-corrected chi connectivity index (χ2v) is 5.84. The van der Waals surface area contributed by atoms with E-state index in [1.54, 1.807) is 11.3 Å². The zero-order valence-electron chi connectivity index (χ0n) is 8.93. The summed E-state index contributed by atoms with van der Waals surface area (Å²) in [7, 11) is 0. The molecule has 1 aliphatic heterocycles. The van der Waals surface area contributed by atoms with Crippen molar-refractivity contribution in [3.63, 3.8) is 0 Å². The van der Waals surface area contributed by atoms with E-state index < -0.39 is 0 Å². The van der Waals surface area contributed by atoms with Gasteiger partial charge in [0.2, 0.25) is 0 Å². The predicted molar refractivity (Wildman–Crippen MR) is 70.5 cm³/mol. The van der Waals surface area contributed by atoms with Gasteiger partial charge >= 0.3 is 0 Å². The van der Waals surface area contributed by atoms with E-state index >= 15 is 0 Å². The highest BCUT2D eigenvalue weighted by Crippen LogP contribution is 2.26. The average Bonchev–Trinajstić information content (AvgIpc) is 2.89. The molecule has 0 spiro atoms. The highest BCUT2D eigenvalue weighted by molar-refractivity contribution is 7.99. The van der Waals surface area contributed by atoms with Crippen LogP contribution in [-0.4, -0.2) is 34.0 Å². The minimum Gasteiger partial charge on any atom is -0.353 e. The molecule has 0 radical (unpaired) electrons. The zero-order chi connectivity index (χ0) is 11.0. The lowest BCUT2D eigenvalue weighted by molar-refractivity contribution is 0.826. The van der Waals surface area contributed by atoms with E-state index in [0.717, 1.165) is 29.6 Å². The Morgan fingerprint density at radius 2 is 2.19 bits per heavy atom. The molecule has 86 valence electrons. The minimum absolute atomic E-state index is 0.552. The Hall–Kier alpha value is -0.720. The van der Waals surface area contributed by atoms with Gasteiger partial charge in [-0.2, -0.15) is 11.8 Å². The smallest absolute Gasteiger partial charge is 0.195 e. The van der Waals surface area contributed by atoms with Crippen molar-refractivity contribution in [3.8, 4) is 0 Å². The van der Waals surface area contributed by atoms with Gasteiger partial charge in [-0.05, 0) is 0 Å². The monoisotopic (exact) mass is 254 g/mol. The summed E-state index contributed by atoms with van der Waals surface area (Å²) in [6.45, 7) is 2.72. The first kappa shape index (κ1) is 10.4. The summed E-state index contributed by atoms with van der Waals surface area (Å²) in [5.41, 5.74) is 6.98. The summed E-state index contributed by atoms with van der Waals surface area (Å²) in [4.78, 5) is 8.09. The Morgan fingerprint density at radius 3 is 2.94 bits per heavy atom. The third kappa shape index (κ3) is 1.61. The molecule has 3 rings (SSSR count). The Balaban J connectivity index is 2.03. The largest absolute Gasteiger partial charge is 0.353 e. The fourth-order valence-corrected chi connectivity index (χ4v) is 3.67. The molecule has 1 fully saturated rings. The number of thioether (sulfide) groups is 1. The second kappa shape index (κ2) is 4.27. The Kier molecular flexibility index (Phi) is 2.79. The van der Waals surface area contributed by atoms with Gasteiger partial charge in [0.25, 0.3) is 0 Å². The number of anilines is 1. The predicted octanol–water partition coefficient (Wildman–Crippen LogP) is 1.41. The first-order valence-corrected chi connectivity index (χ1v) is 7.41. The molecule has 1 saturated heterocycles. The minimum atomic E-state index is 0.552. The number of fused-ring (bicyclic) bond motifs is 1. The van der Waals surface area contributed by atoms with Crippen LogP contribution in [0.15, 0.2) is 11.6 Å². The molecule has 16 heavy (non-hydrogen) atoms. The van der Waals surface area contributed by atoms with Crippen molar-refractivity contribution in [2.24, 2.45) is 5.73 Å². The summed E-state index contributed by atoms with van der Waals surface area (Å²) >= 11 is 3.68. The van der Waals surface area contributed by atoms with Gasteiger partial charge in [0.1, 0.15) is 0 Å². The van der Waals surface area contributed by atoms with Crippen LogP contribution in [0.25, 0.3) is 4.96 Å². The van der Waals surface area contributed by atoms with Crippen LogP contribution in [0.2, 0.25) is 0 Å². The topological polar surface area (TPSA) is 46.6 Å². The van der Waals surface area contributed by atoms with Crippen LogP contribution in [0.5, 0.6) is 0 Å². The maximum atomic E-state index is 5.84. The van der Waals surface area contributed by atoms with Crippen molar-refractivity contribution < 1.29 is 0 Å². The normalized spacial score (nSPS) is 17.2. The first-order chi connectivity index (χ1) is 7.90. The van der Waals surface area contributed by atoms with Crippen molar-refractivity contribution in [1.29, 1.82) is 0 Å². The highest BCUT2D eigenvalue weighted by atomic mass is 32.2. The number of nitrogens with two attached hydrogens (primary N) is 1. The van der Waals surface area contributed by atoms with Crippen molar-refractivity contribution in [1.82, 2.24) is 9.38 Å². The van der Waals surface area contributed by atoms with Crippen LogP contribution in [0.3, 0.4) is 0 Å². The lowest BCUT2D eigenvalue weighted by atomic mass is 10.3. The molecule has 0 aromatic carbocycles. The van der Waals surface area contributed by atoms with E-state index in [4.69, 9.17) is 5.73 Å². The Bertz CT molecular complexity index is 484. The van der Waals surface area contributed by atoms with Crippen LogP contribution < -0.4 is 10.6 Å². The van der Waals surface area contributed by atoms with Gasteiger partial charge in [-0.3, -0.25) is 4.40 Å². The van der Waals surface area contributed by atoms with Crippen molar-refractivity contribution in [2.45, 2.75) is 6.54 Å². The molecule has 2 aromatic rings. The van der Waals surface area contributed by atoms with Gasteiger partial charge in [0.15, 0.2) is 10.8 Å². The van der Waals surface area contributed by atoms with Crippen LogP contribution in [0.4, 0.5) is 5.82 Å². The highest BCUT2D eigenvalue weighted by Gasteiger charge is 2.19. The second-order valence-electron chi connectivity index (χ2n) is 3.74. The maximum absolute atomic E-state index is 5.84. The molecule has 3 heterocycles. The summed E-state index contributed by atoms with van der Waals surface area (Å²) in [5.74, 6) is 3.47. The van der Waals surface area contributed by atoms with Crippen LogP contribution in [0.1, 0.15) is 5.69 Å². The van der Waals surface area contributed by atoms with Crippen LogP contribution in [-0.2, 0) is 6.54 Å². The lowest BCUT2D eigenvalue weighted by Crippen LogP contribution is -2.33. The molecule has 0 aliphatic carbocycles. The Labute approximate surface area is 102 Å². The molecule has 0 saturated carbocycles. The number of imidazole rings is 1. The lowest BCUT2D eigenvalue weighted by Gasteiger charge is -2.27. The molecule has 2 N–H and O–H groups in total. The van der Waals surface area contributed by atoms with Crippen molar-refractivity contribution >= 4 is 33.9 Å². The molecule has 0 bridgehead atoms. The van der Waals surface area contributed by atoms with Crippen LogP contribution in [0, 0.1) is 0 Å². The van der Waals surface area contributed by atoms with Crippen LogP contribution >= 0.6 is 23.1 Å². The molecular weight excluding hydrogens is 240 g/mol. The van der Waals surface area contributed by atoms with Gasteiger partial charge in [0.05, 0.1) is 5.69 Å². The van der Waals surface area contributed by atoms with Crippen molar-refractivity contribution in [3.05, 3.63) is 17.3 Å². The molecule has 4 nitrogen and oxygen atoms in total. The standard InChI is InChI=1S/C10H14N4S2/c11-7-8-9(13-1-4-15-5-2-13)12-10-14(8)3-6-16-10/h3,6H,1-2,4-5,7,11H2. The molecular formula is C10H14N4S2. The molecule has 0 amide bonds. The number of nitrogens with zero attached hydrogens (tertiary/aromatic N) is 3. The fourth-order valence-electron chi connectivity index (χ4n) is 2.04. The number of rotatable bonds is 2. The Morgan fingerprint density at radius 1 is 1.38 bits per heavy atom. The van der Waals surface area contributed by atoms with Gasteiger partial charge in [-0.15, -0.1) is 11.3 Å². The van der Waals surface area contributed by atoms with E-state index in [0.29, 0.717) is 6.54 Å². The average molecular weight is 254 g/mol. The number of aromatic nitrogens is 2. The summed E-state index contributed by atoms with van der Waals surface area (Å²) in [5, 5.41) is 2.05. The van der Waals surface area contributed by atoms with Gasteiger partial charge < -0.3 is 10.6 Å². The number of thiazole rings is 1. The SMILES string of the molecule is NCc1c(N2CCSCC2)nc2sccn12. The van der Waals surface area contributed by atoms with E-state index in [9.17, 15) is 0 Å². The maximum Gasteiger partial charge on any atom is 0.195 e.